The maximum absolute atomic E-state index is 9.31. The van der Waals surface area contributed by atoms with Crippen molar-refractivity contribution >= 4 is 21.6 Å². The van der Waals surface area contributed by atoms with Crippen molar-refractivity contribution in [2.75, 3.05) is 11.9 Å². The standard InChI is InChI=1S/C17H22BrN3/c18-13-7-8-15(12(10-13)11-19)21-17-6-3-4-14(17)16-5-1-2-9-20-16/h7-8,10,14,16-17,20-21H,1-6,9H2. The normalized spacial score (nSPS) is 29.0. The van der Waals surface area contributed by atoms with Gasteiger partial charge in [-0.2, -0.15) is 5.26 Å². The van der Waals surface area contributed by atoms with Gasteiger partial charge in [0.15, 0.2) is 0 Å². The number of nitriles is 1. The Morgan fingerprint density at radius 3 is 2.86 bits per heavy atom. The third-order valence-electron chi connectivity index (χ3n) is 4.88. The first kappa shape index (κ1) is 14.9. The van der Waals surface area contributed by atoms with Gasteiger partial charge in [0.25, 0.3) is 0 Å². The smallest absolute Gasteiger partial charge is 0.101 e. The molecular weight excluding hydrogens is 326 g/mol. The summed E-state index contributed by atoms with van der Waals surface area (Å²) in [5.41, 5.74) is 1.71. The number of piperidine rings is 1. The Kier molecular flexibility index (Phi) is 4.82. The first-order valence-corrected chi connectivity index (χ1v) is 8.77. The van der Waals surface area contributed by atoms with E-state index in [1.807, 2.05) is 18.2 Å². The van der Waals surface area contributed by atoms with E-state index in [-0.39, 0.29) is 0 Å². The number of anilines is 1. The highest BCUT2D eigenvalue weighted by molar-refractivity contribution is 9.10. The second kappa shape index (κ2) is 6.81. The fraction of sp³-hybridized carbons (Fsp3) is 0.588. The molecule has 2 aliphatic rings. The van der Waals surface area contributed by atoms with E-state index in [1.165, 1.54) is 38.5 Å². The van der Waals surface area contributed by atoms with Gasteiger partial charge in [0.05, 0.1) is 11.3 Å². The molecule has 3 atom stereocenters. The van der Waals surface area contributed by atoms with Crippen LogP contribution in [0.4, 0.5) is 5.69 Å². The predicted molar refractivity (Wildman–Crippen MR) is 89.3 cm³/mol. The van der Waals surface area contributed by atoms with E-state index in [4.69, 9.17) is 0 Å². The van der Waals surface area contributed by atoms with E-state index in [2.05, 4.69) is 32.6 Å². The predicted octanol–water partition coefficient (Wildman–Crippen LogP) is 4.04. The second-order valence-electron chi connectivity index (χ2n) is 6.20. The topological polar surface area (TPSA) is 47.9 Å². The Morgan fingerprint density at radius 2 is 2.10 bits per heavy atom. The van der Waals surface area contributed by atoms with Gasteiger partial charge >= 0.3 is 0 Å². The molecule has 4 heteroatoms. The van der Waals surface area contributed by atoms with Gasteiger partial charge in [0.2, 0.25) is 0 Å². The monoisotopic (exact) mass is 347 g/mol. The van der Waals surface area contributed by atoms with Crippen molar-refractivity contribution in [2.24, 2.45) is 5.92 Å². The zero-order valence-corrected chi connectivity index (χ0v) is 13.8. The lowest BCUT2D eigenvalue weighted by molar-refractivity contribution is 0.286. The highest BCUT2D eigenvalue weighted by Crippen LogP contribution is 2.34. The lowest BCUT2D eigenvalue weighted by atomic mass is 9.88. The van der Waals surface area contributed by atoms with E-state index in [0.717, 1.165) is 22.3 Å². The van der Waals surface area contributed by atoms with Crippen LogP contribution in [0.15, 0.2) is 22.7 Å². The van der Waals surface area contributed by atoms with Crippen LogP contribution < -0.4 is 10.6 Å². The summed E-state index contributed by atoms with van der Waals surface area (Å²) in [4.78, 5) is 0. The van der Waals surface area contributed by atoms with Crippen LogP contribution in [0.5, 0.6) is 0 Å². The van der Waals surface area contributed by atoms with Crippen molar-refractivity contribution in [3.63, 3.8) is 0 Å². The Bertz CT molecular complexity index is 531. The molecule has 3 unspecified atom stereocenters. The highest BCUT2D eigenvalue weighted by Gasteiger charge is 2.34. The van der Waals surface area contributed by atoms with Crippen molar-refractivity contribution in [3.05, 3.63) is 28.2 Å². The zero-order chi connectivity index (χ0) is 14.7. The van der Waals surface area contributed by atoms with Gasteiger partial charge in [-0.25, -0.2) is 0 Å². The van der Waals surface area contributed by atoms with E-state index in [9.17, 15) is 5.26 Å². The molecule has 112 valence electrons. The molecule has 3 rings (SSSR count). The highest BCUT2D eigenvalue weighted by atomic mass is 79.9. The Hall–Kier alpha value is -1.05. The first-order valence-electron chi connectivity index (χ1n) is 7.97. The number of hydrogen-bond acceptors (Lipinski definition) is 3. The molecule has 3 nitrogen and oxygen atoms in total. The molecule has 0 amide bonds. The SMILES string of the molecule is N#Cc1cc(Br)ccc1NC1CCCC1C1CCCCN1. The average molecular weight is 348 g/mol. The molecule has 21 heavy (non-hydrogen) atoms. The minimum atomic E-state index is 0.494. The second-order valence-corrected chi connectivity index (χ2v) is 7.12. The molecule has 1 aromatic carbocycles. The minimum Gasteiger partial charge on any atom is -0.381 e. The molecule has 0 radical (unpaired) electrons. The summed E-state index contributed by atoms with van der Waals surface area (Å²) in [7, 11) is 0. The number of nitrogens with one attached hydrogen (secondary N) is 2. The Labute approximate surface area is 135 Å². The fourth-order valence-corrected chi connectivity index (χ4v) is 4.19. The van der Waals surface area contributed by atoms with Crippen LogP contribution in [0, 0.1) is 17.2 Å². The van der Waals surface area contributed by atoms with Crippen LogP contribution in [0.25, 0.3) is 0 Å². The minimum absolute atomic E-state index is 0.494. The number of benzene rings is 1. The van der Waals surface area contributed by atoms with Crippen molar-refractivity contribution in [2.45, 2.75) is 50.6 Å². The van der Waals surface area contributed by atoms with Crippen molar-refractivity contribution in [1.82, 2.24) is 5.32 Å². The molecular formula is C17H22BrN3. The maximum atomic E-state index is 9.31. The molecule has 1 aliphatic heterocycles. The number of nitrogens with zero attached hydrogens (tertiary/aromatic N) is 1. The summed E-state index contributed by atoms with van der Waals surface area (Å²) < 4.78 is 0.960. The largest absolute Gasteiger partial charge is 0.381 e. The third-order valence-corrected chi connectivity index (χ3v) is 5.37. The van der Waals surface area contributed by atoms with E-state index in [1.54, 1.807) is 0 Å². The summed E-state index contributed by atoms with van der Waals surface area (Å²) in [6.07, 6.45) is 7.76. The third kappa shape index (κ3) is 3.41. The summed E-state index contributed by atoms with van der Waals surface area (Å²) in [5, 5.41) is 16.7. The van der Waals surface area contributed by atoms with Crippen LogP contribution in [-0.4, -0.2) is 18.6 Å². The van der Waals surface area contributed by atoms with Gasteiger partial charge in [-0.3, -0.25) is 0 Å². The molecule has 1 saturated heterocycles. The van der Waals surface area contributed by atoms with Crippen molar-refractivity contribution in [1.29, 1.82) is 5.26 Å². The van der Waals surface area contributed by atoms with E-state index >= 15 is 0 Å². The molecule has 1 heterocycles. The van der Waals surface area contributed by atoms with Gasteiger partial charge in [-0.05, 0) is 56.3 Å². The number of hydrogen-bond donors (Lipinski definition) is 2. The molecule has 0 bridgehead atoms. The van der Waals surface area contributed by atoms with Crippen LogP contribution in [-0.2, 0) is 0 Å². The Balaban J connectivity index is 1.73. The first-order chi connectivity index (χ1) is 10.3. The van der Waals surface area contributed by atoms with Gasteiger partial charge in [0, 0.05) is 16.6 Å². The molecule has 2 N–H and O–H groups in total. The summed E-state index contributed by atoms with van der Waals surface area (Å²) in [5.74, 6) is 0.695. The van der Waals surface area contributed by atoms with Gasteiger partial charge < -0.3 is 10.6 Å². The molecule has 2 fully saturated rings. The molecule has 1 aliphatic carbocycles. The summed E-state index contributed by atoms with van der Waals surface area (Å²) >= 11 is 3.44. The van der Waals surface area contributed by atoms with Crippen LogP contribution >= 0.6 is 15.9 Å². The van der Waals surface area contributed by atoms with E-state index < -0.39 is 0 Å². The van der Waals surface area contributed by atoms with Gasteiger partial charge in [-0.15, -0.1) is 0 Å². The molecule has 1 aromatic rings. The Morgan fingerprint density at radius 1 is 1.19 bits per heavy atom. The molecule has 0 spiro atoms. The molecule has 1 saturated carbocycles. The quantitative estimate of drug-likeness (QED) is 0.867. The maximum Gasteiger partial charge on any atom is 0.101 e. The lowest BCUT2D eigenvalue weighted by Gasteiger charge is -2.33. The van der Waals surface area contributed by atoms with Gasteiger partial charge in [-0.1, -0.05) is 28.8 Å². The summed E-state index contributed by atoms with van der Waals surface area (Å²) in [6.45, 7) is 1.16. The summed E-state index contributed by atoms with van der Waals surface area (Å²) in [6, 6.07) is 9.36. The average Bonchev–Trinajstić information content (AvgIpc) is 2.98. The zero-order valence-electron chi connectivity index (χ0n) is 12.2. The molecule has 0 aromatic heterocycles. The van der Waals surface area contributed by atoms with E-state index in [0.29, 0.717) is 18.0 Å². The lowest BCUT2D eigenvalue weighted by Crippen LogP contribution is -2.44. The van der Waals surface area contributed by atoms with Crippen molar-refractivity contribution < 1.29 is 0 Å². The fourth-order valence-electron chi connectivity index (χ4n) is 3.83. The van der Waals surface area contributed by atoms with Crippen LogP contribution in [0.2, 0.25) is 0 Å². The van der Waals surface area contributed by atoms with Crippen LogP contribution in [0.3, 0.4) is 0 Å². The number of rotatable bonds is 3. The van der Waals surface area contributed by atoms with Crippen molar-refractivity contribution in [3.8, 4) is 6.07 Å². The van der Waals surface area contributed by atoms with Gasteiger partial charge in [0.1, 0.15) is 6.07 Å². The van der Waals surface area contributed by atoms with Crippen LogP contribution in [0.1, 0.15) is 44.1 Å². The number of halogens is 1.